The SMILES string of the molecule is O=C(NCCCCCCNC(=O)[C@@H]1CCCN1)[C@@H]1CCCN1. The second kappa shape index (κ2) is 9.79. The maximum Gasteiger partial charge on any atom is 0.237 e. The normalized spacial score (nSPS) is 24.4. The Morgan fingerprint density at radius 3 is 1.59 bits per heavy atom. The molecule has 2 rings (SSSR count). The molecule has 0 radical (unpaired) electrons. The van der Waals surface area contributed by atoms with Crippen LogP contribution in [0.1, 0.15) is 51.4 Å². The molecule has 2 heterocycles. The third kappa shape index (κ3) is 5.93. The molecular weight excluding hydrogens is 280 g/mol. The largest absolute Gasteiger partial charge is 0.355 e. The summed E-state index contributed by atoms with van der Waals surface area (Å²) in [5, 5.41) is 12.4. The van der Waals surface area contributed by atoms with E-state index in [-0.39, 0.29) is 23.9 Å². The summed E-state index contributed by atoms with van der Waals surface area (Å²) in [4.78, 5) is 23.5. The number of nitrogens with one attached hydrogen (secondary N) is 4. The fourth-order valence-electron chi connectivity index (χ4n) is 3.09. The van der Waals surface area contributed by atoms with Crippen molar-refractivity contribution in [3.05, 3.63) is 0 Å². The van der Waals surface area contributed by atoms with Crippen LogP contribution in [0.5, 0.6) is 0 Å². The van der Waals surface area contributed by atoms with Crippen LogP contribution < -0.4 is 21.3 Å². The van der Waals surface area contributed by atoms with E-state index in [1.54, 1.807) is 0 Å². The summed E-state index contributed by atoms with van der Waals surface area (Å²) in [6.07, 6.45) is 8.32. The lowest BCUT2D eigenvalue weighted by atomic mass is 10.1. The Kier molecular flexibility index (Phi) is 7.66. The number of rotatable bonds is 9. The second-order valence-corrected chi connectivity index (χ2v) is 6.29. The molecule has 0 aromatic carbocycles. The van der Waals surface area contributed by atoms with Gasteiger partial charge in [-0.25, -0.2) is 0 Å². The van der Waals surface area contributed by atoms with Gasteiger partial charge in [-0.2, -0.15) is 0 Å². The highest BCUT2D eigenvalue weighted by Gasteiger charge is 2.21. The Balaban J connectivity index is 1.38. The van der Waals surface area contributed by atoms with Crippen LogP contribution in [0, 0.1) is 0 Å². The zero-order valence-electron chi connectivity index (χ0n) is 13.5. The maximum absolute atomic E-state index is 11.8. The van der Waals surface area contributed by atoms with Crippen LogP contribution >= 0.6 is 0 Å². The molecule has 2 saturated heterocycles. The summed E-state index contributed by atoms with van der Waals surface area (Å²) in [5.41, 5.74) is 0. The molecule has 0 aromatic heterocycles. The molecule has 0 bridgehead atoms. The van der Waals surface area contributed by atoms with Gasteiger partial charge in [0.05, 0.1) is 12.1 Å². The topological polar surface area (TPSA) is 82.3 Å². The minimum Gasteiger partial charge on any atom is -0.355 e. The average Bonchev–Trinajstić information content (AvgIpc) is 3.22. The predicted molar refractivity (Wildman–Crippen MR) is 86.5 cm³/mol. The number of amides is 2. The first-order valence-corrected chi connectivity index (χ1v) is 8.79. The fourth-order valence-corrected chi connectivity index (χ4v) is 3.09. The molecule has 2 fully saturated rings. The van der Waals surface area contributed by atoms with Crippen molar-refractivity contribution < 1.29 is 9.59 Å². The molecule has 0 aromatic rings. The van der Waals surface area contributed by atoms with Gasteiger partial charge in [-0.05, 0) is 51.6 Å². The number of hydrogen-bond acceptors (Lipinski definition) is 4. The van der Waals surface area contributed by atoms with E-state index in [4.69, 9.17) is 0 Å². The number of hydrogen-bond donors (Lipinski definition) is 4. The van der Waals surface area contributed by atoms with E-state index in [0.717, 1.165) is 77.5 Å². The molecule has 126 valence electrons. The van der Waals surface area contributed by atoms with Gasteiger partial charge in [-0.1, -0.05) is 12.8 Å². The van der Waals surface area contributed by atoms with Crippen molar-refractivity contribution in [1.29, 1.82) is 0 Å². The summed E-state index contributed by atoms with van der Waals surface area (Å²) in [6, 6.07) is 0.0545. The van der Waals surface area contributed by atoms with E-state index in [1.807, 2.05) is 0 Å². The summed E-state index contributed by atoms with van der Waals surface area (Å²) in [7, 11) is 0. The molecule has 0 aliphatic carbocycles. The predicted octanol–water partition coefficient (Wildman–Crippen LogP) is 0.283. The van der Waals surface area contributed by atoms with Gasteiger partial charge in [0.15, 0.2) is 0 Å². The Hall–Kier alpha value is -1.14. The molecule has 2 aliphatic rings. The number of carbonyl (C=O) groups is 2. The highest BCUT2D eigenvalue weighted by molar-refractivity contribution is 5.82. The van der Waals surface area contributed by atoms with Crippen molar-refractivity contribution in [3.8, 4) is 0 Å². The van der Waals surface area contributed by atoms with Gasteiger partial charge >= 0.3 is 0 Å². The molecular formula is C16H30N4O2. The maximum atomic E-state index is 11.8. The lowest BCUT2D eigenvalue weighted by molar-refractivity contribution is -0.123. The number of unbranched alkanes of at least 4 members (excludes halogenated alkanes) is 3. The van der Waals surface area contributed by atoms with E-state index in [9.17, 15) is 9.59 Å². The summed E-state index contributed by atoms with van der Waals surface area (Å²) in [6.45, 7) is 3.44. The first-order chi connectivity index (χ1) is 10.8. The van der Waals surface area contributed by atoms with Crippen molar-refractivity contribution >= 4 is 11.8 Å². The first kappa shape index (κ1) is 17.2. The zero-order chi connectivity index (χ0) is 15.6. The van der Waals surface area contributed by atoms with Crippen molar-refractivity contribution in [2.45, 2.75) is 63.5 Å². The minimum absolute atomic E-state index is 0.0272. The van der Waals surface area contributed by atoms with Gasteiger partial charge in [-0.3, -0.25) is 9.59 Å². The van der Waals surface area contributed by atoms with Gasteiger partial charge in [0.25, 0.3) is 0 Å². The Bertz CT molecular complexity index is 316. The lowest BCUT2D eigenvalue weighted by Crippen LogP contribution is -2.40. The summed E-state index contributed by atoms with van der Waals surface area (Å²) < 4.78 is 0. The van der Waals surface area contributed by atoms with Crippen LogP contribution in [0.15, 0.2) is 0 Å². The zero-order valence-corrected chi connectivity index (χ0v) is 13.5. The van der Waals surface area contributed by atoms with E-state index < -0.39 is 0 Å². The van der Waals surface area contributed by atoms with Crippen molar-refractivity contribution in [1.82, 2.24) is 21.3 Å². The highest BCUT2D eigenvalue weighted by Crippen LogP contribution is 2.06. The van der Waals surface area contributed by atoms with Crippen LogP contribution in [0.2, 0.25) is 0 Å². The van der Waals surface area contributed by atoms with Crippen molar-refractivity contribution in [3.63, 3.8) is 0 Å². The molecule has 0 saturated carbocycles. The van der Waals surface area contributed by atoms with Crippen LogP contribution in [0.4, 0.5) is 0 Å². The number of carbonyl (C=O) groups excluding carboxylic acids is 2. The van der Waals surface area contributed by atoms with Crippen LogP contribution in [-0.4, -0.2) is 50.1 Å². The minimum atomic E-state index is 0.0272. The van der Waals surface area contributed by atoms with E-state index in [0.29, 0.717) is 0 Å². The summed E-state index contributed by atoms with van der Waals surface area (Å²) in [5.74, 6) is 0.294. The Morgan fingerprint density at radius 2 is 1.23 bits per heavy atom. The van der Waals surface area contributed by atoms with Crippen LogP contribution in [0.3, 0.4) is 0 Å². The first-order valence-electron chi connectivity index (χ1n) is 8.79. The van der Waals surface area contributed by atoms with Gasteiger partial charge in [0, 0.05) is 13.1 Å². The lowest BCUT2D eigenvalue weighted by Gasteiger charge is -2.11. The monoisotopic (exact) mass is 310 g/mol. The molecule has 22 heavy (non-hydrogen) atoms. The third-order valence-electron chi connectivity index (χ3n) is 4.46. The molecule has 0 unspecified atom stereocenters. The van der Waals surface area contributed by atoms with Crippen molar-refractivity contribution in [2.24, 2.45) is 0 Å². The molecule has 6 heteroatoms. The Labute approximate surface area is 133 Å². The Morgan fingerprint density at radius 1 is 0.773 bits per heavy atom. The van der Waals surface area contributed by atoms with Crippen LogP contribution in [-0.2, 0) is 9.59 Å². The smallest absolute Gasteiger partial charge is 0.237 e. The van der Waals surface area contributed by atoms with Crippen LogP contribution in [0.25, 0.3) is 0 Å². The van der Waals surface area contributed by atoms with Crippen molar-refractivity contribution in [2.75, 3.05) is 26.2 Å². The van der Waals surface area contributed by atoms with E-state index in [1.165, 1.54) is 0 Å². The molecule has 2 amide bonds. The molecule has 2 atom stereocenters. The third-order valence-corrected chi connectivity index (χ3v) is 4.46. The van der Waals surface area contributed by atoms with Gasteiger partial charge in [-0.15, -0.1) is 0 Å². The van der Waals surface area contributed by atoms with Gasteiger partial charge in [0.2, 0.25) is 11.8 Å². The van der Waals surface area contributed by atoms with Gasteiger partial charge < -0.3 is 21.3 Å². The second-order valence-electron chi connectivity index (χ2n) is 6.29. The van der Waals surface area contributed by atoms with E-state index >= 15 is 0 Å². The summed E-state index contributed by atoms with van der Waals surface area (Å²) >= 11 is 0. The molecule has 0 spiro atoms. The molecule has 2 aliphatic heterocycles. The highest BCUT2D eigenvalue weighted by atomic mass is 16.2. The fraction of sp³-hybridized carbons (Fsp3) is 0.875. The molecule has 4 N–H and O–H groups in total. The molecule has 6 nitrogen and oxygen atoms in total. The quantitative estimate of drug-likeness (QED) is 0.461. The van der Waals surface area contributed by atoms with E-state index in [2.05, 4.69) is 21.3 Å². The average molecular weight is 310 g/mol. The van der Waals surface area contributed by atoms with Gasteiger partial charge in [0.1, 0.15) is 0 Å². The standard InChI is InChI=1S/C16H30N4O2/c21-15(13-7-5-11-17-13)19-9-3-1-2-4-10-20-16(22)14-8-6-12-18-14/h13-14,17-18H,1-12H2,(H,19,21)(H,20,22)/t13-,14-/m0/s1.